The van der Waals surface area contributed by atoms with Crippen LogP contribution < -0.4 is 0 Å². The Morgan fingerprint density at radius 2 is 0.821 bits per heavy atom. The summed E-state index contributed by atoms with van der Waals surface area (Å²) in [6.07, 6.45) is 24.2. The summed E-state index contributed by atoms with van der Waals surface area (Å²) in [5.74, 6) is 7.06. The zero-order chi connectivity index (χ0) is 19.3. The average Bonchev–Trinajstić information content (AvgIpc) is 2.74. The summed E-state index contributed by atoms with van der Waals surface area (Å²) in [5.41, 5.74) is 0. The van der Waals surface area contributed by atoms with E-state index in [1.54, 1.807) is 0 Å². The van der Waals surface area contributed by atoms with E-state index in [1.807, 2.05) is 0 Å². The van der Waals surface area contributed by atoms with Crippen LogP contribution in [-0.2, 0) is 4.74 Å². The Morgan fingerprint density at radius 3 is 1.25 bits per heavy atom. The highest BCUT2D eigenvalue weighted by Gasteiger charge is 2.32. The Balaban J connectivity index is 1.09. The smallest absolute Gasteiger partial charge is 0.105 e. The number of ether oxygens (including phenoxy) is 1. The maximum Gasteiger partial charge on any atom is 0.105 e. The SMILES string of the molecule is BC1CCC(C2CCC(COC3CCC(C4CCC(B)CC4)CC3)CC2)CC1. The summed E-state index contributed by atoms with van der Waals surface area (Å²) in [4.78, 5) is 0. The predicted molar refractivity (Wildman–Crippen MR) is 126 cm³/mol. The van der Waals surface area contributed by atoms with E-state index in [2.05, 4.69) is 15.7 Å². The fourth-order valence-corrected chi connectivity index (χ4v) is 7.34. The third-order valence-electron chi connectivity index (χ3n) is 9.63. The van der Waals surface area contributed by atoms with Gasteiger partial charge in [-0.25, -0.2) is 0 Å². The molecule has 158 valence electrons. The molecule has 1 nitrogen and oxygen atoms in total. The molecule has 0 heterocycles. The second-order valence-electron chi connectivity index (χ2n) is 11.7. The van der Waals surface area contributed by atoms with E-state index in [9.17, 15) is 0 Å². The Bertz CT molecular complexity index is 395. The Kier molecular flexibility index (Phi) is 7.93. The van der Waals surface area contributed by atoms with E-state index in [1.165, 1.54) is 103 Å². The molecule has 0 bridgehead atoms. The lowest BCUT2D eigenvalue weighted by Crippen LogP contribution is -2.30. The van der Waals surface area contributed by atoms with Gasteiger partial charge in [-0.15, -0.1) is 0 Å². The van der Waals surface area contributed by atoms with E-state index >= 15 is 0 Å². The van der Waals surface area contributed by atoms with Gasteiger partial charge in [0.25, 0.3) is 0 Å². The van der Waals surface area contributed by atoms with Crippen molar-refractivity contribution in [2.45, 2.75) is 120 Å². The molecule has 3 heteroatoms. The van der Waals surface area contributed by atoms with Crippen molar-refractivity contribution in [3.8, 4) is 0 Å². The van der Waals surface area contributed by atoms with Gasteiger partial charge in [0.1, 0.15) is 15.7 Å². The molecule has 0 aromatic carbocycles. The van der Waals surface area contributed by atoms with E-state index in [0.717, 1.165) is 47.8 Å². The molecule has 0 spiro atoms. The predicted octanol–water partition coefficient (Wildman–Crippen LogP) is 5.59. The third-order valence-corrected chi connectivity index (χ3v) is 9.63. The minimum Gasteiger partial charge on any atom is -0.378 e. The highest BCUT2D eigenvalue weighted by Crippen LogP contribution is 2.43. The fourth-order valence-electron chi connectivity index (χ4n) is 7.34. The van der Waals surface area contributed by atoms with Gasteiger partial charge in [0.2, 0.25) is 0 Å². The van der Waals surface area contributed by atoms with Gasteiger partial charge in [-0.3, -0.25) is 0 Å². The zero-order valence-electron chi connectivity index (χ0n) is 19.0. The van der Waals surface area contributed by atoms with Crippen LogP contribution in [-0.4, -0.2) is 28.4 Å². The van der Waals surface area contributed by atoms with Crippen LogP contribution in [0, 0.1) is 29.6 Å². The topological polar surface area (TPSA) is 9.23 Å². The van der Waals surface area contributed by atoms with Crippen molar-refractivity contribution >= 4 is 15.7 Å². The van der Waals surface area contributed by atoms with E-state index in [4.69, 9.17) is 4.74 Å². The monoisotopic (exact) mass is 384 g/mol. The van der Waals surface area contributed by atoms with Crippen LogP contribution in [0.2, 0.25) is 11.6 Å². The summed E-state index contributed by atoms with van der Waals surface area (Å²) < 4.78 is 6.47. The first-order valence-corrected chi connectivity index (χ1v) is 13.3. The van der Waals surface area contributed by atoms with Crippen molar-refractivity contribution in [2.24, 2.45) is 29.6 Å². The maximum atomic E-state index is 6.47. The first-order valence-electron chi connectivity index (χ1n) is 13.3. The lowest BCUT2D eigenvalue weighted by Gasteiger charge is -2.39. The minimum atomic E-state index is 0.594. The van der Waals surface area contributed by atoms with Gasteiger partial charge in [-0.2, -0.15) is 0 Å². The van der Waals surface area contributed by atoms with Crippen LogP contribution in [0.1, 0.15) is 103 Å². The maximum absolute atomic E-state index is 6.47. The van der Waals surface area contributed by atoms with Gasteiger partial charge in [0.05, 0.1) is 6.10 Å². The number of hydrogen-bond acceptors (Lipinski definition) is 1. The molecule has 0 aliphatic heterocycles. The average molecular weight is 384 g/mol. The number of rotatable bonds is 5. The van der Waals surface area contributed by atoms with Crippen molar-refractivity contribution in [3.05, 3.63) is 0 Å². The van der Waals surface area contributed by atoms with Gasteiger partial charge in [0, 0.05) is 6.61 Å². The molecular weight excluding hydrogens is 338 g/mol. The molecule has 4 aliphatic carbocycles. The van der Waals surface area contributed by atoms with E-state index in [0.29, 0.717) is 6.10 Å². The standard InChI is InChI=1S/C25H46B2O/c26-23-11-5-20(6-12-23)19-3-1-18(2-4-19)17-28-25-15-9-22(10-16-25)21-7-13-24(27)14-8-21/h18-25H,1-17,26-27H2. The van der Waals surface area contributed by atoms with Gasteiger partial charge >= 0.3 is 0 Å². The third kappa shape index (κ3) is 5.83. The summed E-state index contributed by atoms with van der Waals surface area (Å²) in [5, 5.41) is 0. The second-order valence-corrected chi connectivity index (χ2v) is 11.7. The van der Waals surface area contributed by atoms with Crippen molar-refractivity contribution in [2.75, 3.05) is 6.61 Å². The molecule has 0 aromatic rings. The van der Waals surface area contributed by atoms with Crippen LogP contribution in [0.3, 0.4) is 0 Å². The van der Waals surface area contributed by atoms with E-state index in [-0.39, 0.29) is 0 Å². The first kappa shape index (κ1) is 21.3. The largest absolute Gasteiger partial charge is 0.378 e. The van der Waals surface area contributed by atoms with Crippen molar-refractivity contribution in [1.29, 1.82) is 0 Å². The summed E-state index contributed by atoms with van der Waals surface area (Å²) in [7, 11) is 4.90. The molecule has 28 heavy (non-hydrogen) atoms. The summed E-state index contributed by atoms with van der Waals surface area (Å²) in [6.45, 7) is 1.07. The molecule has 0 radical (unpaired) electrons. The van der Waals surface area contributed by atoms with Gasteiger partial charge < -0.3 is 4.74 Å². The molecule has 0 unspecified atom stereocenters. The Morgan fingerprint density at radius 1 is 0.464 bits per heavy atom. The molecule has 0 saturated heterocycles. The molecule has 4 saturated carbocycles. The van der Waals surface area contributed by atoms with Gasteiger partial charge in [-0.05, 0) is 81.0 Å². The van der Waals surface area contributed by atoms with Crippen LogP contribution >= 0.6 is 0 Å². The molecule has 0 atom stereocenters. The van der Waals surface area contributed by atoms with Crippen LogP contribution in [0.15, 0.2) is 0 Å². The normalized spacial score (nSPS) is 45.6. The molecule has 0 N–H and O–H groups in total. The zero-order valence-corrected chi connectivity index (χ0v) is 19.0. The summed E-state index contributed by atoms with van der Waals surface area (Å²) >= 11 is 0. The van der Waals surface area contributed by atoms with Gasteiger partial charge in [-0.1, -0.05) is 63.0 Å². The van der Waals surface area contributed by atoms with Crippen molar-refractivity contribution in [1.82, 2.24) is 0 Å². The van der Waals surface area contributed by atoms with Crippen LogP contribution in [0.4, 0.5) is 0 Å². The molecule has 4 aliphatic rings. The lowest BCUT2D eigenvalue weighted by molar-refractivity contribution is -0.0182. The van der Waals surface area contributed by atoms with Crippen molar-refractivity contribution < 1.29 is 4.74 Å². The minimum absolute atomic E-state index is 0.594. The summed E-state index contributed by atoms with van der Waals surface area (Å²) in [6, 6.07) is 0. The van der Waals surface area contributed by atoms with E-state index < -0.39 is 0 Å². The van der Waals surface area contributed by atoms with Crippen LogP contribution in [0.5, 0.6) is 0 Å². The number of hydrogen-bond donors (Lipinski definition) is 0. The Labute approximate surface area is 177 Å². The first-order chi connectivity index (χ1) is 13.7. The molecule has 4 rings (SSSR count). The van der Waals surface area contributed by atoms with Crippen molar-refractivity contribution in [3.63, 3.8) is 0 Å². The highest BCUT2D eigenvalue weighted by molar-refractivity contribution is 6.11. The van der Waals surface area contributed by atoms with Gasteiger partial charge in [0.15, 0.2) is 0 Å². The van der Waals surface area contributed by atoms with Crippen LogP contribution in [0.25, 0.3) is 0 Å². The molecular formula is C25H46B2O. The molecule has 4 fully saturated rings. The lowest BCUT2D eigenvalue weighted by atomic mass is 9.65. The fraction of sp³-hybridized carbons (Fsp3) is 1.00. The quantitative estimate of drug-likeness (QED) is 0.562. The molecule has 0 aromatic heterocycles. The highest BCUT2D eigenvalue weighted by atomic mass is 16.5. The molecule has 0 amide bonds. The second kappa shape index (κ2) is 10.4. The Hall–Kier alpha value is 0.0899.